The van der Waals surface area contributed by atoms with Crippen molar-refractivity contribution in [3.63, 3.8) is 0 Å². The fraction of sp³-hybridized carbons (Fsp3) is 0.364. The van der Waals surface area contributed by atoms with Gasteiger partial charge in [-0.3, -0.25) is 9.59 Å². The number of benzene rings is 2. The second kappa shape index (κ2) is 8.27. The van der Waals surface area contributed by atoms with Gasteiger partial charge in [0.15, 0.2) is 0 Å². The molecule has 1 atom stereocenters. The van der Waals surface area contributed by atoms with E-state index in [0.29, 0.717) is 18.6 Å². The van der Waals surface area contributed by atoms with Crippen molar-refractivity contribution in [1.82, 2.24) is 4.90 Å². The normalized spacial score (nSPS) is 19.0. The molecule has 2 aromatic carbocycles. The Kier molecular flexibility index (Phi) is 5.57. The summed E-state index contributed by atoms with van der Waals surface area (Å²) < 4.78 is 5.52. The van der Waals surface area contributed by atoms with Gasteiger partial charge in [0.2, 0.25) is 5.91 Å². The highest BCUT2D eigenvalue weighted by molar-refractivity contribution is 7.99. The number of fused-ring (bicyclic) bond motifs is 1. The van der Waals surface area contributed by atoms with Crippen LogP contribution in [0.15, 0.2) is 47.4 Å². The van der Waals surface area contributed by atoms with Gasteiger partial charge in [0, 0.05) is 29.2 Å². The van der Waals surface area contributed by atoms with Crippen LogP contribution in [0.4, 0.5) is 5.69 Å². The van der Waals surface area contributed by atoms with Gasteiger partial charge >= 0.3 is 0 Å². The van der Waals surface area contributed by atoms with E-state index in [1.54, 1.807) is 11.8 Å². The molecule has 0 aliphatic carbocycles. The molecule has 6 heteroatoms. The smallest absolute Gasteiger partial charge is 0.254 e. The fourth-order valence-corrected chi connectivity index (χ4v) is 4.77. The first kappa shape index (κ1) is 18.9. The molecule has 0 radical (unpaired) electrons. The van der Waals surface area contributed by atoms with Crippen LogP contribution in [-0.2, 0) is 4.79 Å². The summed E-state index contributed by atoms with van der Waals surface area (Å²) in [4.78, 5) is 28.1. The summed E-state index contributed by atoms with van der Waals surface area (Å²) in [5.74, 6) is 1.63. The van der Waals surface area contributed by atoms with E-state index in [0.717, 1.165) is 47.0 Å². The van der Waals surface area contributed by atoms with Crippen LogP contribution in [0.2, 0.25) is 0 Å². The van der Waals surface area contributed by atoms with Crippen LogP contribution < -0.4 is 10.1 Å². The van der Waals surface area contributed by atoms with Crippen LogP contribution in [0.1, 0.15) is 48.1 Å². The largest absolute Gasteiger partial charge is 0.494 e. The Labute approximate surface area is 169 Å². The molecule has 2 heterocycles. The topological polar surface area (TPSA) is 58.6 Å². The number of anilines is 1. The lowest BCUT2D eigenvalue weighted by Crippen LogP contribution is -2.30. The van der Waals surface area contributed by atoms with Crippen LogP contribution in [0.3, 0.4) is 0 Å². The monoisotopic (exact) mass is 396 g/mol. The average Bonchev–Trinajstić information content (AvgIpc) is 3.11. The Bertz CT molecular complexity index is 882. The summed E-state index contributed by atoms with van der Waals surface area (Å²) in [5, 5.41) is 2.92. The maximum absolute atomic E-state index is 13.2. The van der Waals surface area contributed by atoms with E-state index in [2.05, 4.69) is 17.4 Å². The molecule has 28 heavy (non-hydrogen) atoms. The molecule has 0 unspecified atom stereocenters. The Balaban J connectivity index is 1.56. The predicted octanol–water partition coefficient (Wildman–Crippen LogP) is 4.50. The molecular formula is C22H24N2O3S. The lowest BCUT2D eigenvalue weighted by atomic mass is 10.0. The number of nitrogens with one attached hydrogen (secondary N) is 1. The molecule has 4 rings (SSSR count). The molecule has 2 amide bonds. The summed E-state index contributed by atoms with van der Waals surface area (Å²) in [7, 11) is 0. The lowest BCUT2D eigenvalue weighted by molar-refractivity contribution is -0.115. The second-order valence-electron chi connectivity index (χ2n) is 7.02. The zero-order valence-electron chi connectivity index (χ0n) is 15.9. The molecule has 0 saturated carbocycles. The third kappa shape index (κ3) is 3.87. The van der Waals surface area contributed by atoms with Crippen molar-refractivity contribution in [2.45, 2.75) is 37.1 Å². The van der Waals surface area contributed by atoms with Gasteiger partial charge < -0.3 is 15.0 Å². The summed E-state index contributed by atoms with van der Waals surface area (Å²) in [6.07, 6.45) is 2.44. The Morgan fingerprint density at radius 2 is 2.07 bits per heavy atom. The highest BCUT2D eigenvalue weighted by Crippen LogP contribution is 2.36. The fourth-order valence-electron chi connectivity index (χ4n) is 3.83. The van der Waals surface area contributed by atoms with Gasteiger partial charge in [0.25, 0.3) is 5.91 Å². The van der Waals surface area contributed by atoms with Gasteiger partial charge in [-0.25, -0.2) is 0 Å². The molecule has 0 spiro atoms. The van der Waals surface area contributed by atoms with E-state index in [1.165, 1.54) is 0 Å². The van der Waals surface area contributed by atoms with Gasteiger partial charge in [0.1, 0.15) is 5.75 Å². The van der Waals surface area contributed by atoms with Crippen LogP contribution in [-0.4, -0.2) is 35.6 Å². The SMILES string of the molecule is CCOc1ccc([C@H]2CCCN2C(=O)c2ccc3c(c2)NC(=O)CCS3)cc1. The Hall–Kier alpha value is -2.47. The van der Waals surface area contributed by atoms with Crippen molar-refractivity contribution in [2.75, 3.05) is 24.2 Å². The number of hydrogen-bond donors (Lipinski definition) is 1. The number of amides is 2. The molecule has 1 fully saturated rings. The van der Waals surface area contributed by atoms with E-state index in [1.807, 2.05) is 42.2 Å². The number of carbonyl (C=O) groups is 2. The summed E-state index contributed by atoms with van der Waals surface area (Å²) >= 11 is 1.65. The van der Waals surface area contributed by atoms with E-state index in [4.69, 9.17) is 4.74 Å². The van der Waals surface area contributed by atoms with Crippen LogP contribution >= 0.6 is 11.8 Å². The number of likely N-dealkylation sites (tertiary alicyclic amines) is 1. The minimum Gasteiger partial charge on any atom is -0.494 e. The van der Waals surface area contributed by atoms with E-state index in [-0.39, 0.29) is 17.9 Å². The van der Waals surface area contributed by atoms with Crippen LogP contribution in [0, 0.1) is 0 Å². The third-order valence-corrected chi connectivity index (χ3v) is 6.25. The maximum atomic E-state index is 13.2. The standard InChI is InChI=1S/C22H24N2O3S/c1-2-27-17-8-5-15(6-9-17)19-4-3-12-24(19)22(26)16-7-10-20-18(14-16)23-21(25)11-13-28-20/h5-10,14,19H,2-4,11-13H2,1H3,(H,23,25)/t19-/m1/s1. The van der Waals surface area contributed by atoms with Gasteiger partial charge in [0.05, 0.1) is 18.3 Å². The third-order valence-electron chi connectivity index (χ3n) is 5.18. The first-order chi connectivity index (χ1) is 13.7. The average molecular weight is 397 g/mol. The summed E-state index contributed by atoms with van der Waals surface area (Å²) in [6.45, 7) is 3.35. The first-order valence-electron chi connectivity index (χ1n) is 9.76. The zero-order valence-corrected chi connectivity index (χ0v) is 16.8. The lowest BCUT2D eigenvalue weighted by Gasteiger charge is -2.25. The molecule has 1 saturated heterocycles. The number of hydrogen-bond acceptors (Lipinski definition) is 4. The minimum absolute atomic E-state index is 0.00397. The van der Waals surface area contributed by atoms with Crippen LogP contribution in [0.25, 0.3) is 0 Å². The van der Waals surface area contributed by atoms with Gasteiger partial charge in [-0.05, 0) is 55.7 Å². The number of ether oxygens (including phenoxy) is 1. The van der Waals surface area contributed by atoms with Crippen molar-refractivity contribution in [3.05, 3.63) is 53.6 Å². The van der Waals surface area contributed by atoms with Crippen LogP contribution in [0.5, 0.6) is 5.75 Å². The second-order valence-corrected chi connectivity index (χ2v) is 8.15. The zero-order chi connectivity index (χ0) is 19.5. The van der Waals surface area contributed by atoms with E-state index >= 15 is 0 Å². The highest BCUT2D eigenvalue weighted by Gasteiger charge is 2.31. The van der Waals surface area contributed by atoms with Crippen molar-refractivity contribution < 1.29 is 14.3 Å². The summed E-state index contributed by atoms with van der Waals surface area (Å²) in [5.41, 5.74) is 2.50. The molecule has 2 aliphatic rings. The van der Waals surface area contributed by atoms with Gasteiger partial charge in [-0.2, -0.15) is 0 Å². The minimum atomic E-state index is 0.00397. The molecule has 2 aliphatic heterocycles. The van der Waals surface area contributed by atoms with Crippen molar-refractivity contribution in [1.29, 1.82) is 0 Å². The molecule has 0 bridgehead atoms. The molecule has 1 N–H and O–H groups in total. The summed E-state index contributed by atoms with van der Waals surface area (Å²) in [6, 6.07) is 13.8. The Morgan fingerprint density at radius 1 is 1.25 bits per heavy atom. The maximum Gasteiger partial charge on any atom is 0.254 e. The highest BCUT2D eigenvalue weighted by atomic mass is 32.2. The molecule has 0 aromatic heterocycles. The molecular weight excluding hydrogens is 372 g/mol. The van der Waals surface area contributed by atoms with Gasteiger partial charge in [-0.15, -0.1) is 11.8 Å². The molecule has 5 nitrogen and oxygen atoms in total. The number of carbonyl (C=O) groups excluding carboxylic acids is 2. The number of rotatable bonds is 4. The molecule has 2 aromatic rings. The van der Waals surface area contributed by atoms with E-state index in [9.17, 15) is 9.59 Å². The van der Waals surface area contributed by atoms with Gasteiger partial charge in [-0.1, -0.05) is 12.1 Å². The quantitative estimate of drug-likeness (QED) is 0.827. The first-order valence-corrected chi connectivity index (χ1v) is 10.7. The van der Waals surface area contributed by atoms with Crippen molar-refractivity contribution in [3.8, 4) is 5.75 Å². The number of nitrogens with zero attached hydrogens (tertiary/aromatic N) is 1. The Morgan fingerprint density at radius 3 is 2.86 bits per heavy atom. The number of thioether (sulfide) groups is 1. The predicted molar refractivity (Wildman–Crippen MR) is 111 cm³/mol. The molecule has 146 valence electrons. The van der Waals surface area contributed by atoms with Crippen molar-refractivity contribution in [2.24, 2.45) is 0 Å². The van der Waals surface area contributed by atoms with E-state index < -0.39 is 0 Å². The van der Waals surface area contributed by atoms with Crippen molar-refractivity contribution >= 4 is 29.3 Å².